The molecule has 0 unspecified atom stereocenters. The third-order valence-electron chi connectivity index (χ3n) is 2.63. The van der Waals surface area contributed by atoms with Crippen molar-refractivity contribution < 1.29 is 0 Å². The van der Waals surface area contributed by atoms with Gasteiger partial charge in [-0.05, 0) is 29.8 Å². The van der Waals surface area contributed by atoms with Crippen molar-refractivity contribution in [3.05, 3.63) is 47.1 Å². The Balaban J connectivity index is 2.07. The van der Waals surface area contributed by atoms with Crippen molar-refractivity contribution in [2.75, 3.05) is 0 Å². The third kappa shape index (κ3) is 2.10. The molecule has 2 heterocycles. The zero-order chi connectivity index (χ0) is 12.5. The molecule has 0 amide bonds. The van der Waals surface area contributed by atoms with Gasteiger partial charge in [0.2, 0.25) is 0 Å². The first kappa shape index (κ1) is 11.6. The van der Waals surface area contributed by atoms with Crippen LogP contribution in [-0.4, -0.2) is 9.97 Å². The molecular weight excluding hydrogens is 266 g/mol. The van der Waals surface area contributed by atoms with Crippen LogP contribution in [0.4, 0.5) is 0 Å². The average Bonchev–Trinajstić information content (AvgIpc) is 2.81. The first-order valence-corrected chi connectivity index (χ1v) is 6.67. The highest BCUT2D eigenvalue weighted by atomic mass is 35.5. The van der Waals surface area contributed by atoms with Crippen molar-refractivity contribution in [3.63, 3.8) is 0 Å². The molecule has 0 bridgehead atoms. The molecule has 3 aromatic rings. The van der Waals surface area contributed by atoms with Gasteiger partial charge in [0.05, 0.1) is 15.9 Å². The Morgan fingerprint density at radius 3 is 2.83 bits per heavy atom. The number of rotatable bonds is 2. The zero-order valence-electron chi connectivity index (χ0n) is 9.43. The van der Waals surface area contributed by atoms with Crippen LogP contribution in [0.15, 0.2) is 36.5 Å². The Morgan fingerprint density at radius 2 is 2.11 bits per heavy atom. The molecular formula is C13H10ClN3S. The molecule has 1 aromatic carbocycles. The lowest BCUT2D eigenvalue weighted by Gasteiger charge is -1.97. The van der Waals surface area contributed by atoms with Crippen LogP contribution in [0.5, 0.6) is 0 Å². The van der Waals surface area contributed by atoms with Crippen LogP contribution in [0, 0.1) is 0 Å². The fourth-order valence-corrected chi connectivity index (χ4v) is 2.77. The lowest BCUT2D eigenvalue weighted by molar-refractivity contribution is 1.05. The summed E-state index contributed by atoms with van der Waals surface area (Å²) in [6.45, 7) is 0.503. The Labute approximate surface area is 113 Å². The summed E-state index contributed by atoms with van der Waals surface area (Å²) < 4.78 is 1.11. The largest absolute Gasteiger partial charge is 0.326 e. The van der Waals surface area contributed by atoms with Gasteiger partial charge in [0.15, 0.2) is 0 Å². The first-order chi connectivity index (χ1) is 8.76. The highest BCUT2D eigenvalue weighted by Gasteiger charge is 2.07. The van der Waals surface area contributed by atoms with E-state index in [9.17, 15) is 0 Å². The molecule has 0 aliphatic rings. The van der Waals surface area contributed by atoms with E-state index in [4.69, 9.17) is 17.3 Å². The van der Waals surface area contributed by atoms with E-state index >= 15 is 0 Å². The van der Waals surface area contributed by atoms with Crippen molar-refractivity contribution in [2.45, 2.75) is 6.54 Å². The van der Waals surface area contributed by atoms with Crippen LogP contribution in [-0.2, 0) is 6.54 Å². The first-order valence-electron chi connectivity index (χ1n) is 5.48. The number of hydrogen-bond donors (Lipinski definition) is 1. The summed E-state index contributed by atoms with van der Waals surface area (Å²) in [5.74, 6) is 0. The smallest absolute Gasteiger partial charge is 0.143 e. The van der Waals surface area contributed by atoms with Gasteiger partial charge in [-0.3, -0.25) is 4.98 Å². The maximum Gasteiger partial charge on any atom is 0.143 e. The summed E-state index contributed by atoms with van der Waals surface area (Å²) in [6, 6.07) is 9.64. The molecule has 3 nitrogen and oxygen atoms in total. The summed E-state index contributed by atoms with van der Waals surface area (Å²) in [5.41, 5.74) is 8.34. The van der Waals surface area contributed by atoms with E-state index in [1.165, 1.54) is 0 Å². The van der Waals surface area contributed by atoms with Crippen molar-refractivity contribution in [2.24, 2.45) is 5.73 Å². The molecule has 0 fully saturated rings. The summed E-state index contributed by atoms with van der Waals surface area (Å²) in [7, 11) is 0. The molecule has 2 N–H and O–H groups in total. The number of aromatic nitrogens is 2. The maximum absolute atomic E-state index is 5.95. The van der Waals surface area contributed by atoms with Crippen LogP contribution in [0.3, 0.4) is 0 Å². The van der Waals surface area contributed by atoms with Crippen molar-refractivity contribution in [1.82, 2.24) is 9.97 Å². The van der Waals surface area contributed by atoms with Gasteiger partial charge in [-0.1, -0.05) is 17.7 Å². The Kier molecular flexibility index (Phi) is 2.99. The van der Waals surface area contributed by atoms with Crippen LogP contribution >= 0.6 is 22.9 Å². The number of nitrogens with zero attached hydrogens (tertiary/aromatic N) is 2. The van der Waals surface area contributed by atoms with E-state index in [-0.39, 0.29) is 0 Å². The van der Waals surface area contributed by atoms with Gasteiger partial charge in [0.25, 0.3) is 0 Å². The zero-order valence-corrected chi connectivity index (χ0v) is 11.0. The summed E-state index contributed by atoms with van der Waals surface area (Å²) in [5, 5.41) is 1.60. The van der Waals surface area contributed by atoms with E-state index in [0.29, 0.717) is 11.6 Å². The molecule has 3 rings (SSSR count). The normalized spacial score (nSPS) is 11.0. The predicted molar refractivity (Wildman–Crippen MR) is 75.8 cm³/mol. The van der Waals surface area contributed by atoms with Crippen molar-refractivity contribution in [3.8, 4) is 10.7 Å². The van der Waals surface area contributed by atoms with E-state index < -0.39 is 0 Å². The molecule has 0 saturated heterocycles. The van der Waals surface area contributed by atoms with Gasteiger partial charge in [-0.2, -0.15) is 0 Å². The summed E-state index contributed by atoms with van der Waals surface area (Å²) in [6.07, 6.45) is 1.79. The maximum atomic E-state index is 5.95. The molecule has 90 valence electrons. The number of pyridine rings is 1. The van der Waals surface area contributed by atoms with Crippen LogP contribution in [0.2, 0.25) is 5.02 Å². The van der Waals surface area contributed by atoms with Crippen molar-refractivity contribution in [1.29, 1.82) is 0 Å². The second-order valence-electron chi connectivity index (χ2n) is 3.89. The molecule has 18 heavy (non-hydrogen) atoms. The van der Waals surface area contributed by atoms with Gasteiger partial charge >= 0.3 is 0 Å². The second kappa shape index (κ2) is 4.65. The van der Waals surface area contributed by atoms with Gasteiger partial charge in [0.1, 0.15) is 5.01 Å². The minimum absolute atomic E-state index is 0.503. The quantitative estimate of drug-likeness (QED) is 0.779. The Morgan fingerprint density at radius 1 is 1.22 bits per heavy atom. The highest BCUT2D eigenvalue weighted by molar-refractivity contribution is 7.21. The minimum atomic E-state index is 0.503. The van der Waals surface area contributed by atoms with Crippen LogP contribution < -0.4 is 5.73 Å². The fourth-order valence-electron chi connectivity index (χ4n) is 1.68. The van der Waals surface area contributed by atoms with Crippen molar-refractivity contribution >= 4 is 33.2 Å². The number of halogens is 1. The van der Waals surface area contributed by atoms with E-state index in [1.54, 1.807) is 17.5 Å². The SMILES string of the molecule is NCc1ccc(-c2nc3cc(Cl)ccc3s2)nc1. The summed E-state index contributed by atoms with van der Waals surface area (Å²) in [4.78, 5) is 8.91. The minimum Gasteiger partial charge on any atom is -0.326 e. The van der Waals surface area contributed by atoms with Crippen LogP contribution in [0.25, 0.3) is 20.9 Å². The van der Waals surface area contributed by atoms with Gasteiger partial charge in [-0.25, -0.2) is 4.98 Å². The monoisotopic (exact) mass is 275 g/mol. The van der Waals surface area contributed by atoms with Crippen LogP contribution in [0.1, 0.15) is 5.56 Å². The topological polar surface area (TPSA) is 51.8 Å². The van der Waals surface area contributed by atoms with E-state index in [0.717, 1.165) is 26.5 Å². The molecule has 0 spiro atoms. The average molecular weight is 276 g/mol. The fraction of sp³-hybridized carbons (Fsp3) is 0.0769. The molecule has 0 saturated carbocycles. The third-order valence-corrected chi connectivity index (χ3v) is 3.92. The lowest BCUT2D eigenvalue weighted by Crippen LogP contribution is -1.96. The second-order valence-corrected chi connectivity index (χ2v) is 5.35. The Hall–Kier alpha value is -1.49. The molecule has 0 atom stereocenters. The number of nitrogens with two attached hydrogens (primary N) is 1. The highest BCUT2D eigenvalue weighted by Crippen LogP contribution is 2.30. The summed E-state index contributed by atoms with van der Waals surface area (Å²) >= 11 is 7.56. The lowest BCUT2D eigenvalue weighted by atomic mass is 10.2. The number of thiazole rings is 1. The number of fused-ring (bicyclic) bond motifs is 1. The van der Waals surface area contributed by atoms with Gasteiger partial charge in [0, 0.05) is 17.8 Å². The Bertz CT molecular complexity index is 691. The molecule has 0 aliphatic carbocycles. The number of benzene rings is 1. The molecule has 2 aromatic heterocycles. The van der Waals surface area contributed by atoms with E-state index in [1.807, 2.05) is 30.3 Å². The van der Waals surface area contributed by atoms with Gasteiger partial charge < -0.3 is 5.73 Å². The molecule has 0 aliphatic heterocycles. The van der Waals surface area contributed by atoms with Gasteiger partial charge in [-0.15, -0.1) is 11.3 Å². The predicted octanol–water partition coefficient (Wildman–Crippen LogP) is 3.47. The number of hydrogen-bond acceptors (Lipinski definition) is 4. The van der Waals surface area contributed by atoms with E-state index in [2.05, 4.69) is 9.97 Å². The molecule has 5 heteroatoms. The molecule has 0 radical (unpaired) electrons. The standard InChI is InChI=1S/C13H10ClN3S/c14-9-2-4-12-11(5-9)17-13(18-12)10-3-1-8(6-15)7-16-10/h1-5,7H,6,15H2.